The summed E-state index contributed by atoms with van der Waals surface area (Å²) in [5.74, 6) is 1.73. The monoisotopic (exact) mass is 215 g/mol. The fraction of sp³-hybridized carbons (Fsp3) is 1.00. The van der Waals surface area contributed by atoms with Crippen molar-refractivity contribution >= 4 is 0 Å². The molecule has 0 bridgehead atoms. The van der Waals surface area contributed by atoms with Gasteiger partial charge in [-0.25, -0.2) is 0 Å². The third-order valence-corrected chi connectivity index (χ3v) is 3.38. The van der Waals surface area contributed by atoms with Crippen LogP contribution in [0.3, 0.4) is 0 Å². The van der Waals surface area contributed by atoms with E-state index in [1.54, 1.807) is 6.92 Å². The van der Waals surface area contributed by atoms with E-state index in [-0.39, 0.29) is 6.61 Å². The van der Waals surface area contributed by atoms with Crippen molar-refractivity contribution in [3.63, 3.8) is 0 Å². The number of hydrogen-bond acceptors (Lipinski definition) is 2. The fourth-order valence-electron chi connectivity index (χ4n) is 2.60. The van der Waals surface area contributed by atoms with E-state index in [0.29, 0.717) is 0 Å². The van der Waals surface area contributed by atoms with Crippen molar-refractivity contribution in [1.82, 2.24) is 5.32 Å². The highest BCUT2D eigenvalue weighted by molar-refractivity contribution is 4.79. The van der Waals surface area contributed by atoms with Crippen LogP contribution in [0.25, 0.3) is 0 Å². The van der Waals surface area contributed by atoms with Crippen molar-refractivity contribution in [3.05, 3.63) is 0 Å². The summed E-state index contributed by atoms with van der Waals surface area (Å²) in [7, 11) is 2.11. The van der Waals surface area contributed by atoms with Gasteiger partial charge in [-0.3, -0.25) is 0 Å². The number of rotatable bonds is 1. The molecule has 0 heterocycles. The molecule has 0 radical (unpaired) electrons. The lowest BCUT2D eigenvalue weighted by molar-refractivity contribution is 0.246. The molecule has 2 atom stereocenters. The van der Waals surface area contributed by atoms with E-state index in [1.165, 1.54) is 32.1 Å². The lowest BCUT2D eigenvalue weighted by atomic mass is 9.82. The fourth-order valence-corrected chi connectivity index (χ4v) is 2.60. The van der Waals surface area contributed by atoms with E-state index < -0.39 is 0 Å². The van der Waals surface area contributed by atoms with Gasteiger partial charge in [0.05, 0.1) is 0 Å². The van der Waals surface area contributed by atoms with Gasteiger partial charge in [-0.2, -0.15) is 0 Å². The molecule has 0 saturated heterocycles. The molecular formula is C13H29NO. The first kappa shape index (κ1) is 14.9. The Morgan fingerprint density at radius 1 is 1.07 bits per heavy atom. The molecule has 0 spiro atoms. The molecule has 2 N–H and O–H groups in total. The summed E-state index contributed by atoms with van der Waals surface area (Å²) in [5, 5.41) is 11.0. The third-order valence-electron chi connectivity index (χ3n) is 3.38. The summed E-state index contributed by atoms with van der Waals surface area (Å²) in [6, 6.07) is 0.755. The number of hydrogen-bond donors (Lipinski definition) is 2. The van der Waals surface area contributed by atoms with E-state index in [0.717, 1.165) is 17.9 Å². The molecule has 2 unspecified atom stereocenters. The normalized spacial score (nSPS) is 32.2. The van der Waals surface area contributed by atoms with Crippen molar-refractivity contribution in [3.8, 4) is 0 Å². The average molecular weight is 215 g/mol. The third kappa shape index (κ3) is 6.16. The molecule has 1 fully saturated rings. The summed E-state index contributed by atoms with van der Waals surface area (Å²) in [4.78, 5) is 0. The Morgan fingerprint density at radius 2 is 1.47 bits per heavy atom. The highest BCUT2D eigenvalue weighted by atomic mass is 16.2. The van der Waals surface area contributed by atoms with Crippen molar-refractivity contribution in [2.24, 2.45) is 11.8 Å². The van der Waals surface area contributed by atoms with Crippen molar-refractivity contribution < 1.29 is 5.11 Å². The second kappa shape index (κ2) is 9.17. The molecule has 1 aliphatic carbocycles. The summed E-state index contributed by atoms with van der Waals surface area (Å²) in [5.41, 5.74) is 0. The summed E-state index contributed by atoms with van der Waals surface area (Å²) in [6.07, 6.45) is 7.15. The van der Waals surface area contributed by atoms with Crippen LogP contribution in [0.1, 0.15) is 52.9 Å². The van der Waals surface area contributed by atoms with Gasteiger partial charge < -0.3 is 10.4 Å². The van der Waals surface area contributed by atoms with Crippen LogP contribution in [-0.2, 0) is 0 Å². The standard InChI is InChI=1S/C11H23N.C2H6O/c1-9-7-5-4-6-8-10(2)11(9)12-3;1-2-3/h9-12H,4-8H2,1-3H3;3H,2H2,1H3. The molecule has 0 aromatic carbocycles. The van der Waals surface area contributed by atoms with Gasteiger partial charge in [0, 0.05) is 12.6 Å². The SMILES string of the molecule is CCO.CNC1C(C)CCCCCC1C. The molecule has 0 amide bonds. The Labute approximate surface area is 95.5 Å². The predicted molar refractivity (Wildman–Crippen MR) is 67.0 cm³/mol. The minimum absolute atomic E-state index is 0.250. The zero-order valence-electron chi connectivity index (χ0n) is 10.9. The van der Waals surface area contributed by atoms with Crippen LogP contribution in [0.2, 0.25) is 0 Å². The Kier molecular flexibility index (Phi) is 9.12. The van der Waals surface area contributed by atoms with Crippen LogP contribution < -0.4 is 5.32 Å². The Hall–Kier alpha value is -0.0800. The quantitative estimate of drug-likeness (QED) is 0.705. The highest BCUT2D eigenvalue weighted by Crippen LogP contribution is 2.26. The predicted octanol–water partition coefficient (Wildman–Crippen LogP) is 2.81. The van der Waals surface area contributed by atoms with Gasteiger partial charge >= 0.3 is 0 Å². The minimum atomic E-state index is 0.250. The van der Waals surface area contributed by atoms with Crippen molar-refractivity contribution in [1.29, 1.82) is 0 Å². The van der Waals surface area contributed by atoms with Gasteiger partial charge in [-0.15, -0.1) is 0 Å². The van der Waals surface area contributed by atoms with E-state index in [4.69, 9.17) is 5.11 Å². The van der Waals surface area contributed by atoms with Gasteiger partial charge in [-0.05, 0) is 38.6 Å². The molecule has 15 heavy (non-hydrogen) atoms. The van der Waals surface area contributed by atoms with Crippen molar-refractivity contribution in [2.75, 3.05) is 13.7 Å². The molecule has 2 nitrogen and oxygen atoms in total. The first-order valence-corrected chi connectivity index (χ1v) is 6.45. The summed E-state index contributed by atoms with van der Waals surface area (Å²) in [6.45, 7) is 6.71. The first-order chi connectivity index (χ1) is 7.17. The number of nitrogens with one attached hydrogen (secondary N) is 1. The number of aliphatic hydroxyl groups excluding tert-OH is 1. The molecule has 0 aliphatic heterocycles. The van der Waals surface area contributed by atoms with Gasteiger partial charge in [0.15, 0.2) is 0 Å². The summed E-state index contributed by atoms with van der Waals surface area (Å²) < 4.78 is 0. The van der Waals surface area contributed by atoms with Crippen LogP contribution >= 0.6 is 0 Å². The molecule has 1 aliphatic rings. The van der Waals surface area contributed by atoms with Crippen LogP contribution in [0, 0.1) is 11.8 Å². The van der Waals surface area contributed by atoms with E-state index in [1.807, 2.05) is 0 Å². The number of aliphatic hydroxyl groups is 1. The largest absolute Gasteiger partial charge is 0.397 e. The highest BCUT2D eigenvalue weighted by Gasteiger charge is 2.22. The summed E-state index contributed by atoms with van der Waals surface area (Å²) >= 11 is 0. The molecule has 0 aromatic rings. The zero-order chi connectivity index (χ0) is 11.7. The molecule has 1 saturated carbocycles. The van der Waals surface area contributed by atoms with Crippen LogP contribution in [0.5, 0.6) is 0 Å². The second-order valence-corrected chi connectivity index (χ2v) is 4.72. The molecule has 1 rings (SSSR count). The van der Waals surface area contributed by atoms with Gasteiger partial charge in [0.25, 0.3) is 0 Å². The topological polar surface area (TPSA) is 32.3 Å². The maximum absolute atomic E-state index is 7.57. The average Bonchev–Trinajstić information content (AvgIpc) is 2.17. The Bertz CT molecular complexity index is 126. The Morgan fingerprint density at radius 3 is 1.80 bits per heavy atom. The van der Waals surface area contributed by atoms with Gasteiger partial charge in [-0.1, -0.05) is 33.1 Å². The van der Waals surface area contributed by atoms with Crippen molar-refractivity contribution in [2.45, 2.75) is 58.9 Å². The maximum atomic E-state index is 7.57. The molecule has 0 aromatic heterocycles. The smallest absolute Gasteiger partial charge is 0.0402 e. The molecular weight excluding hydrogens is 186 g/mol. The minimum Gasteiger partial charge on any atom is -0.397 e. The van der Waals surface area contributed by atoms with E-state index >= 15 is 0 Å². The second-order valence-electron chi connectivity index (χ2n) is 4.72. The van der Waals surface area contributed by atoms with Crippen LogP contribution in [0.15, 0.2) is 0 Å². The molecule has 92 valence electrons. The van der Waals surface area contributed by atoms with E-state index in [2.05, 4.69) is 26.2 Å². The molecule has 2 heteroatoms. The van der Waals surface area contributed by atoms with Gasteiger partial charge in [0.2, 0.25) is 0 Å². The zero-order valence-corrected chi connectivity index (χ0v) is 10.9. The lowest BCUT2D eigenvalue weighted by Gasteiger charge is -2.31. The van der Waals surface area contributed by atoms with E-state index in [9.17, 15) is 0 Å². The van der Waals surface area contributed by atoms with Crippen LogP contribution in [0.4, 0.5) is 0 Å². The first-order valence-electron chi connectivity index (χ1n) is 6.45. The lowest BCUT2D eigenvalue weighted by Crippen LogP contribution is -2.38. The maximum Gasteiger partial charge on any atom is 0.0402 e. The van der Waals surface area contributed by atoms with Crippen LogP contribution in [-0.4, -0.2) is 24.8 Å². The Balaban J connectivity index is 0.000000583. The van der Waals surface area contributed by atoms with Gasteiger partial charge in [0.1, 0.15) is 0 Å².